The lowest BCUT2D eigenvalue weighted by Crippen LogP contribution is -2.19. The zero-order valence-electron chi connectivity index (χ0n) is 21.3. The molecule has 8 rings (SSSR count). The van der Waals surface area contributed by atoms with Gasteiger partial charge >= 0.3 is 0 Å². The van der Waals surface area contributed by atoms with Gasteiger partial charge in [-0.2, -0.15) is 0 Å². The SMILES string of the molecule is c1ccc2c(c1)Oc1ccccc1N2c1ncccc1-c1cccnc1N1c2ccccc2Oc2ccccc21. The first-order chi connectivity index (χ1) is 19.9. The van der Waals surface area contributed by atoms with E-state index >= 15 is 0 Å². The molecule has 190 valence electrons. The predicted molar refractivity (Wildman–Crippen MR) is 157 cm³/mol. The molecular weight excluding hydrogens is 496 g/mol. The van der Waals surface area contributed by atoms with Crippen molar-refractivity contribution in [3.8, 4) is 34.1 Å². The Hall–Kier alpha value is -5.62. The standard InChI is InChI=1S/C34H22N4O2/c1-5-17-29-25(13-1)37(26-14-2-6-18-30(26)39-29)33-23(11-9-21-35-33)24-12-10-22-36-34(24)38-27-15-3-7-19-31(27)40-32-20-8-4-16-28(32)38/h1-22H. The molecule has 2 aliphatic rings. The molecule has 6 nitrogen and oxygen atoms in total. The minimum atomic E-state index is 0.778. The Labute approximate surface area is 231 Å². The summed E-state index contributed by atoms with van der Waals surface area (Å²) in [6.07, 6.45) is 3.66. The van der Waals surface area contributed by atoms with E-state index < -0.39 is 0 Å². The van der Waals surface area contributed by atoms with Crippen LogP contribution in [0.5, 0.6) is 23.0 Å². The molecule has 0 bridgehead atoms. The molecule has 4 aromatic carbocycles. The number of rotatable bonds is 3. The molecule has 6 aromatic rings. The van der Waals surface area contributed by atoms with E-state index in [1.807, 2.05) is 97.3 Å². The second kappa shape index (κ2) is 8.99. The van der Waals surface area contributed by atoms with E-state index in [4.69, 9.17) is 19.4 Å². The number of nitrogens with zero attached hydrogens (tertiary/aromatic N) is 4. The number of hydrogen-bond acceptors (Lipinski definition) is 6. The van der Waals surface area contributed by atoms with E-state index in [-0.39, 0.29) is 0 Å². The number of benzene rings is 4. The van der Waals surface area contributed by atoms with Crippen molar-refractivity contribution in [2.75, 3.05) is 9.80 Å². The summed E-state index contributed by atoms with van der Waals surface area (Å²) in [6.45, 7) is 0. The van der Waals surface area contributed by atoms with Crippen LogP contribution in [-0.2, 0) is 0 Å². The van der Waals surface area contributed by atoms with Gasteiger partial charge in [0.1, 0.15) is 11.6 Å². The highest BCUT2D eigenvalue weighted by atomic mass is 16.5. The molecule has 40 heavy (non-hydrogen) atoms. The van der Waals surface area contributed by atoms with Gasteiger partial charge in [-0.15, -0.1) is 0 Å². The van der Waals surface area contributed by atoms with Gasteiger partial charge in [0.15, 0.2) is 23.0 Å². The van der Waals surface area contributed by atoms with Crippen LogP contribution in [0.2, 0.25) is 0 Å². The van der Waals surface area contributed by atoms with Crippen LogP contribution < -0.4 is 19.3 Å². The average Bonchev–Trinajstić information content (AvgIpc) is 3.02. The van der Waals surface area contributed by atoms with Crippen molar-refractivity contribution in [1.29, 1.82) is 0 Å². The molecule has 0 saturated heterocycles. The molecule has 2 aliphatic heterocycles. The molecular formula is C34H22N4O2. The monoisotopic (exact) mass is 518 g/mol. The maximum atomic E-state index is 6.27. The summed E-state index contributed by atoms with van der Waals surface area (Å²) >= 11 is 0. The zero-order valence-corrected chi connectivity index (χ0v) is 21.3. The fourth-order valence-corrected chi connectivity index (χ4v) is 5.44. The van der Waals surface area contributed by atoms with Crippen molar-refractivity contribution in [2.45, 2.75) is 0 Å². The van der Waals surface area contributed by atoms with Crippen LogP contribution in [0.25, 0.3) is 11.1 Å². The Bertz CT molecular complexity index is 1670. The Morgan fingerprint density at radius 1 is 0.375 bits per heavy atom. The first kappa shape index (κ1) is 22.4. The number of fused-ring (bicyclic) bond motifs is 4. The fourth-order valence-electron chi connectivity index (χ4n) is 5.44. The Morgan fingerprint density at radius 3 is 1.05 bits per heavy atom. The van der Waals surface area contributed by atoms with Gasteiger partial charge < -0.3 is 9.47 Å². The zero-order chi connectivity index (χ0) is 26.5. The first-order valence-electron chi connectivity index (χ1n) is 13.1. The van der Waals surface area contributed by atoms with Crippen LogP contribution in [-0.4, -0.2) is 9.97 Å². The molecule has 2 aromatic heterocycles. The van der Waals surface area contributed by atoms with E-state index in [0.717, 1.165) is 68.5 Å². The number of pyridine rings is 2. The van der Waals surface area contributed by atoms with Crippen LogP contribution in [0.4, 0.5) is 34.4 Å². The van der Waals surface area contributed by atoms with E-state index in [1.165, 1.54) is 0 Å². The molecule has 4 heterocycles. The van der Waals surface area contributed by atoms with E-state index in [2.05, 4.69) is 46.2 Å². The van der Waals surface area contributed by atoms with Gasteiger partial charge in [0.05, 0.1) is 22.7 Å². The second-order valence-corrected chi connectivity index (χ2v) is 9.49. The van der Waals surface area contributed by atoms with Crippen LogP contribution in [0.1, 0.15) is 0 Å². The highest BCUT2D eigenvalue weighted by Gasteiger charge is 2.31. The maximum absolute atomic E-state index is 6.27. The number of aromatic nitrogens is 2. The lowest BCUT2D eigenvalue weighted by Gasteiger charge is -2.34. The molecule has 0 N–H and O–H groups in total. The second-order valence-electron chi connectivity index (χ2n) is 9.49. The molecule has 0 saturated carbocycles. The van der Waals surface area contributed by atoms with Crippen LogP contribution in [0.3, 0.4) is 0 Å². The van der Waals surface area contributed by atoms with Crippen molar-refractivity contribution >= 4 is 34.4 Å². The highest BCUT2D eigenvalue weighted by Crippen LogP contribution is 2.54. The topological polar surface area (TPSA) is 50.7 Å². The van der Waals surface area contributed by atoms with E-state index in [1.54, 1.807) is 0 Å². The van der Waals surface area contributed by atoms with Gasteiger partial charge in [0.25, 0.3) is 0 Å². The first-order valence-corrected chi connectivity index (χ1v) is 13.1. The quantitative estimate of drug-likeness (QED) is 0.232. The number of ether oxygens (including phenoxy) is 2. The minimum Gasteiger partial charge on any atom is -0.453 e. The average molecular weight is 519 g/mol. The minimum absolute atomic E-state index is 0.778. The van der Waals surface area contributed by atoms with Crippen LogP contribution in [0, 0.1) is 0 Å². The lowest BCUT2D eigenvalue weighted by molar-refractivity contribution is 0.476. The fraction of sp³-hybridized carbons (Fsp3) is 0. The van der Waals surface area contributed by atoms with E-state index in [0.29, 0.717) is 0 Å². The van der Waals surface area contributed by atoms with Gasteiger partial charge in [-0.1, -0.05) is 48.5 Å². The highest BCUT2D eigenvalue weighted by molar-refractivity contribution is 5.96. The molecule has 0 unspecified atom stereocenters. The summed E-state index contributed by atoms with van der Waals surface area (Å²) in [5, 5.41) is 0. The summed E-state index contributed by atoms with van der Waals surface area (Å²) in [7, 11) is 0. The molecule has 0 spiro atoms. The predicted octanol–water partition coefficient (Wildman–Crippen LogP) is 9.29. The largest absolute Gasteiger partial charge is 0.453 e. The van der Waals surface area contributed by atoms with E-state index in [9.17, 15) is 0 Å². The van der Waals surface area contributed by atoms with Gasteiger partial charge in [0, 0.05) is 23.5 Å². The van der Waals surface area contributed by atoms with Crippen molar-refractivity contribution in [2.24, 2.45) is 0 Å². The van der Waals surface area contributed by atoms with Crippen molar-refractivity contribution < 1.29 is 9.47 Å². The van der Waals surface area contributed by atoms with Crippen molar-refractivity contribution in [3.05, 3.63) is 134 Å². The van der Waals surface area contributed by atoms with Gasteiger partial charge in [-0.3, -0.25) is 9.80 Å². The number of anilines is 6. The van der Waals surface area contributed by atoms with Crippen molar-refractivity contribution in [1.82, 2.24) is 9.97 Å². The normalized spacial score (nSPS) is 12.8. The molecule has 0 radical (unpaired) electrons. The number of hydrogen-bond donors (Lipinski definition) is 0. The third-order valence-corrected chi connectivity index (χ3v) is 7.15. The van der Waals surface area contributed by atoms with Crippen LogP contribution >= 0.6 is 0 Å². The van der Waals surface area contributed by atoms with Gasteiger partial charge in [-0.05, 0) is 72.8 Å². The smallest absolute Gasteiger partial charge is 0.151 e. The molecule has 6 heteroatoms. The summed E-state index contributed by atoms with van der Waals surface area (Å²) < 4.78 is 12.5. The Kier molecular flexibility index (Phi) is 5.03. The van der Waals surface area contributed by atoms with Gasteiger partial charge in [0.2, 0.25) is 0 Å². The third-order valence-electron chi connectivity index (χ3n) is 7.15. The molecule has 0 amide bonds. The third kappa shape index (κ3) is 3.43. The van der Waals surface area contributed by atoms with Crippen molar-refractivity contribution in [3.63, 3.8) is 0 Å². The summed E-state index contributed by atoms with van der Waals surface area (Å²) in [5.41, 5.74) is 5.58. The number of para-hydroxylation sites is 8. The summed E-state index contributed by atoms with van der Waals surface area (Å²) in [5.74, 6) is 4.69. The maximum Gasteiger partial charge on any atom is 0.151 e. The summed E-state index contributed by atoms with van der Waals surface area (Å²) in [4.78, 5) is 14.2. The van der Waals surface area contributed by atoms with Gasteiger partial charge in [-0.25, -0.2) is 9.97 Å². The molecule has 0 aliphatic carbocycles. The van der Waals surface area contributed by atoms with Crippen LogP contribution in [0.15, 0.2) is 134 Å². The Balaban J connectivity index is 1.37. The summed E-state index contributed by atoms with van der Waals surface area (Å²) in [6, 6.07) is 40.3. The Morgan fingerprint density at radius 2 is 0.700 bits per heavy atom. The molecule has 0 fully saturated rings. The molecule has 0 atom stereocenters. The lowest BCUT2D eigenvalue weighted by atomic mass is 10.0.